The number of nitrogens with one attached hydrogen (secondary N) is 2. The molecule has 3 atom stereocenters. The lowest BCUT2D eigenvalue weighted by Gasteiger charge is -2.36. The molecular formula is C30H35FN4O3S. The smallest absolute Gasteiger partial charge is 0.246 e. The van der Waals surface area contributed by atoms with Gasteiger partial charge in [-0.05, 0) is 69.0 Å². The number of hydrogen-bond donors (Lipinski definition) is 3. The lowest BCUT2D eigenvalue weighted by atomic mass is 9.81. The Bertz CT molecular complexity index is 1350. The largest absolute Gasteiger partial charge is 0.393 e. The number of rotatable bonds is 8. The predicted molar refractivity (Wildman–Crippen MR) is 152 cm³/mol. The maximum absolute atomic E-state index is 14.4. The fraction of sp³-hybridized carbons (Fsp3) is 0.433. The Labute approximate surface area is 232 Å². The van der Waals surface area contributed by atoms with Crippen LogP contribution in [0, 0.1) is 11.7 Å². The van der Waals surface area contributed by atoms with Crippen LogP contribution in [-0.4, -0.2) is 58.6 Å². The van der Waals surface area contributed by atoms with E-state index in [1.807, 2.05) is 28.5 Å². The number of hydrogen-bond acceptors (Lipinski definition) is 6. The van der Waals surface area contributed by atoms with E-state index in [-0.39, 0.29) is 35.7 Å². The van der Waals surface area contributed by atoms with Crippen molar-refractivity contribution in [3.8, 4) is 11.3 Å². The molecule has 2 fully saturated rings. The quantitative estimate of drug-likeness (QED) is 0.357. The Kier molecular flexibility index (Phi) is 8.40. The molecule has 39 heavy (non-hydrogen) atoms. The van der Waals surface area contributed by atoms with Gasteiger partial charge in [-0.1, -0.05) is 30.3 Å². The van der Waals surface area contributed by atoms with Gasteiger partial charge in [-0.2, -0.15) is 0 Å². The van der Waals surface area contributed by atoms with Crippen LogP contribution >= 0.6 is 11.3 Å². The molecule has 206 valence electrons. The van der Waals surface area contributed by atoms with Crippen molar-refractivity contribution in [3.63, 3.8) is 0 Å². The predicted octanol–water partition coefficient (Wildman–Crippen LogP) is 4.58. The summed E-state index contributed by atoms with van der Waals surface area (Å²) in [6, 6.07) is 9.14. The van der Waals surface area contributed by atoms with Gasteiger partial charge in [0.05, 0.1) is 17.8 Å². The molecule has 1 saturated carbocycles. The Balaban J connectivity index is 1.41. The summed E-state index contributed by atoms with van der Waals surface area (Å²) in [4.78, 5) is 33.9. The summed E-state index contributed by atoms with van der Waals surface area (Å²) in [6.45, 7) is 4.32. The van der Waals surface area contributed by atoms with Crippen molar-refractivity contribution in [1.82, 2.24) is 20.5 Å². The van der Waals surface area contributed by atoms with Gasteiger partial charge in [-0.3, -0.25) is 9.59 Å². The highest BCUT2D eigenvalue weighted by Gasteiger charge is 2.40. The van der Waals surface area contributed by atoms with Crippen LogP contribution in [0.25, 0.3) is 22.0 Å². The van der Waals surface area contributed by atoms with Crippen LogP contribution < -0.4 is 10.6 Å². The van der Waals surface area contributed by atoms with E-state index >= 15 is 0 Å². The molecule has 0 spiro atoms. The molecule has 0 unspecified atom stereocenters. The monoisotopic (exact) mass is 550 g/mol. The lowest BCUT2D eigenvalue weighted by Crippen LogP contribution is -2.56. The zero-order valence-corrected chi connectivity index (χ0v) is 22.9. The average molecular weight is 551 g/mol. The first-order valence-corrected chi connectivity index (χ1v) is 14.5. The van der Waals surface area contributed by atoms with Crippen LogP contribution in [0.3, 0.4) is 0 Å². The highest BCUT2D eigenvalue weighted by molar-refractivity contribution is 7.10. The number of carbonyl (C=O) groups is 2. The van der Waals surface area contributed by atoms with E-state index in [9.17, 15) is 19.1 Å². The second-order valence-electron chi connectivity index (χ2n) is 10.5. The summed E-state index contributed by atoms with van der Waals surface area (Å²) >= 11 is 1.51. The van der Waals surface area contributed by atoms with Crippen molar-refractivity contribution >= 4 is 33.9 Å². The summed E-state index contributed by atoms with van der Waals surface area (Å²) in [5.41, 5.74) is 1.62. The Hall–Kier alpha value is -3.14. The highest BCUT2D eigenvalue weighted by atomic mass is 32.1. The molecule has 3 N–H and O–H groups in total. The molecule has 7 nitrogen and oxygen atoms in total. The first kappa shape index (κ1) is 27.4. The number of halogens is 1. The molecule has 2 amide bonds. The van der Waals surface area contributed by atoms with Crippen molar-refractivity contribution < 1.29 is 19.1 Å². The average Bonchev–Trinajstić information content (AvgIpc) is 3.63. The molecule has 9 heteroatoms. The van der Waals surface area contributed by atoms with Crippen LogP contribution in [0.2, 0.25) is 0 Å². The van der Waals surface area contributed by atoms with Crippen molar-refractivity contribution in [1.29, 1.82) is 0 Å². The van der Waals surface area contributed by atoms with E-state index < -0.39 is 12.1 Å². The van der Waals surface area contributed by atoms with Crippen LogP contribution in [0.1, 0.15) is 49.6 Å². The fourth-order valence-corrected chi connectivity index (χ4v) is 6.90. The first-order chi connectivity index (χ1) is 18.9. The number of likely N-dealkylation sites (tertiary alicyclic amines) is 1. The molecule has 1 aromatic heterocycles. The number of aliphatic hydroxyl groups excluding tert-OH is 1. The molecule has 2 aliphatic rings. The molecule has 0 bridgehead atoms. The number of amides is 2. The van der Waals surface area contributed by atoms with E-state index in [2.05, 4.69) is 17.2 Å². The number of benzene rings is 2. The number of carbonyl (C=O) groups excluding carboxylic acids is 2. The molecule has 2 heterocycles. The maximum Gasteiger partial charge on any atom is 0.246 e. The molecule has 1 aliphatic heterocycles. The zero-order chi connectivity index (χ0) is 27.5. The molecular weight excluding hydrogens is 515 g/mol. The second-order valence-corrected chi connectivity index (χ2v) is 11.3. The van der Waals surface area contributed by atoms with Gasteiger partial charge in [-0.15, -0.1) is 17.9 Å². The van der Waals surface area contributed by atoms with E-state index in [0.29, 0.717) is 37.6 Å². The van der Waals surface area contributed by atoms with Gasteiger partial charge in [0.2, 0.25) is 11.8 Å². The van der Waals surface area contributed by atoms with Gasteiger partial charge in [0.1, 0.15) is 22.9 Å². The molecule has 1 saturated heterocycles. The normalized spacial score (nSPS) is 22.9. The van der Waals surface area contributed by atoms with Gasteiger partial charge in [-0.25, -0.2) is 9.37 Å². The summed E-state index contributed by atoms with van der Waals surface area (Å²) in [6.07, 6.45) is 5.39. The van der Waals surface area contributed by atoms with Gasteiger partial charge in [0, 0.05) is 22.9 Å². The van der Waals surface area contributed by atoms with Gasteiger partial charge < -0.3 is 20.6 Å². The lowest BCUT2D eigenvalue weighted by molar-refractivity contribution is -0.139. The van der Waals surface area contributed by atoms with Crippen molar-refractivity contribution in [2.24, 2.45) is 5.92 Å². The van der Waals surface area contributed by atoms with Gasteiger partial charge in [0.25, 0.3) is 0 Å². The summed E-state index contributed by atoms with van der Waals surface area (Å²) in [7, 11) is 1.68. The summed E-state index contributed by atoms with van der Waals surface area (Å²) in [5.74, 6) is -0.703. The van der Waals surface area contributed by atoms with Crippen molar-refractivity contribution in [2.75, 3.05) is 13.6 Å². The topological polar surface area (TPSA) is 94.6 Å². The summed E-state index contributed by atoms with van der Waals surface area (Å²) in [5, 5.41) is 20.1. The molecule has 5 rings (SSSR count). The standard InChI is InChI=1S/C30H35FN4O3S/c1-3-24(32-2)28(37)34-27(18-10-12-19(36)13-11-18)30(38)35-16-6-9-26(35)29-33-25(17-39-29)22-14-15-23(31)21-8-5-4-7-20(21)22/h3-5,7-8,14-15,17-19,24,26-27,32,36H,1,6,9-13,16H2,2H3,(H,34,37)/t18?,19?,24-,26-,27-/m0/s1. The Morgan fingerprint density at radius 1 is 1.15 bits per heavy atom. The Morgan fingerprint density at radius 3 is 2.62 bits per heavy atom. The number of likely N-dealkylation sites (N-methyl/N-ethyl adjacent to an activating group) is 1. The SMILES string of the molecule is C=C[C@H](NC)C(=O)N[C@H](C(=O)N1CCC[C@H]1c1nc(-c2ccc(F)c3ccccc23)cs1)C1CCC(O)CC1. The number of aromatic nitrogens is 1. The maximum atomic E-state index is 14.4. The molecule has 1 aliphatic carbocycles. The zero-order valence-electron chi connectivity index (χ0n) is 22.1. The minimum Gasteiger partial charge on any atom is -0.393 e. The first-order valence-electron chi connectivity index (χ1n) is 13.6. The number of nitrogens with zero attached hydrogens (tertiary/aromatic N) is 2. The number of fused-ring (bicyclic) bond motifs is 1. The van der Waals surface area contributed by atoms with E-state index in [4.69, 9.17) is 4.98 Å². The third kappa shape index (κ3) is 5.62. The van der Waals surface area contributed by atoms with Gasteiger partial charge in [0.15, 0.2) is 0 Å². The second kappa shape index (κ2) is 11.9. The van der Waals surface area contributed by atoms with Crippen LogP contribution in [-0.2, 0) is 9.59 Å². The minimum atomic E-state index is -0.679. The van der Waals surface area contributed by atoms with Crippen LogP contribution in [0.15, 0.2) is 54.4 Å². The summed E-state index contributed by atoms with van der Waals surface area (Å²) < 4.78 is 14.4. The molecule has 3 aromatic rings. The van der Waals surface area contributed by atoms with E-state index in [1.54, 1.807) is 19.2 Å². The third-order valence-electron chi connectivity index (χ3n) is 8.10. The number of aliphatic hydroxyl groups is 1. The molecule has 0 radical (unpaired) electrons. The third-order valence-corrected chi connectivity index (χ3v) is 9.04. The fourth-order valence-electron chi connectivity index (χ4n) is 5.93. The minimum absolute atomic E-state index is 0.0501. The van der Waals surface area contributed by atoms with E-state index in [1.165, 1.54) is 23.5 Å². The van der Waals surface area contributed by atoms with Crippen LogP contribution in [0.4, 0.5) is 4.39 Å². The van der Waals surface area contributed by atoms with E-state index in [0.717, 1.165) is 34.5 Å². The number of thiazole rings is 1. The highest BCUT2D eigenvalue weighted by Crippen LogP contribution is 2.39. The Morgan fingerprint density at radius 2 is 1.90 bits per heavy atom. The van der Waals surface area contributed by atoms with Gasteiger partial charge >= 0.3 is 0 Å². The van der Waals surface area contributed by atoms with Crippen molar-refractivity contribution in [3.05, 3.63) is 65.3 Å². The van der Waals surface area contributed by atoms with Crippen LogP contribution in [0.5, 0.6) is 0 Å². The van der Waals surface area contributed by atoms with Crippen molar-refractivity contribution in [2.45, 2.75) is 62.8 Å². The molecule has 2 aromatic carbocycles.